The molecule has 0 aromatic rings. The molecule has 0 aromatic heterocycles. The van der Waals surface area contributed by atoms with Crippen LogP contribution in [0.15, 0.2) is 0 Å². The minimum Gasteiger partial charge on any atom is -0.381 e. The van der Waals surface area contributed by atoms with E-state index in [2.05, 4.69) is 13.0 Å². The maximum absolute atomic E-state index is 12.6. The Labute approximate surface area is 103 Å². The highest BCUT2D eigenvalue weighted by Crippen LogP contribution is 2.34. The molecule has 0 saturated carbocycles. The van der Waals surface area contributed by atoms with Crippen LogP contribution in [0.3, 0.4) is 0 Å². The number of piperidine rings is 1. The lowest BCUT2D eigenvalue weighted by Gasteiger charge is -2.40. The van der Waals surface area contributed by atoms with Gasteiger partial charge in [-0.05, 0) is 39.0 Å². The fraction of sp³-hybridized carbons (Fsp3) is 0.846. The molecule has 0 radical (unpaired) electrons. The Balaban J connectivity index is 2.13. The Morgan fingerprint density at radius 1 is 1.41 bits per heavy atom. The van der Waals surface area contributed by atoms with Crippen molar-refractivity contribution in [1.82, 2.24) is 4.90 Å². The summed E-state index contributed by atoms with van der Waals surface area (Å²) in [5.74, 6) is 0.0375. The van der Waals surface area contributed by atoms with Gasteiger partial charge in [0.05, 0.1) is 6.07 Å². The Bertz CT molecular complexity index is 329. The molecule has 4 heteroatoms. The first-order valence-corrected chi connectivity index (χ1v) is 6.50. The van der Waals surface area contributed by atoms with Crippen molar-refractivity contribution in [3.8, 4) is 6.07 Å². The van der Waals surface area contributed by atoms with E-state index in [0.29, 0.717) is 26.1 Å². The number of hydrogen-bond acceptors (Lipinski definition) is 3. The molecule has 17 heavy (non-hydrogen) atoms. The van der Waals surface area contributed by atoms with Crippen molar-refractivity contribution in [2.75, 3.05) is 19.8 Å². The normalized spacial score (nSPS) is 28.5. The zero-order valence-corrected chi connectivity index (χ0v) is 10.4. The maximum atomic E-state index is 12.6. The van der Waals surface area contributed by atoms with Gasteiger partial charge in [0.15, 0.2) is 0 Å². The fourth-order valence-electron chi connectivity index (χ4n) is 2.77. The molecule has 4 nitrogen and oxygen atoms in total. The summed E-state index contributed by atoms with van der Waals surface area (Å²) < 4.78 is 5.27. The second-order valence-electron chi connectivity index (χ2n) is 5.15. The second-order valence-corrected chi connectivity index (χ2v) is 5.15. The standard InChI is InChI=1S/C13H20N2O2/c1-11-4-2-3-7-15(11)12(16)13(10-14)5-8-17-9-6-13/h11H,2-9H2,1H3. The predicted octanol–water partition coefficient (Wildman–Crippen LogP) is 1.71. The van der Waals surface area contributed by atoms with E-state index in [1.54, 1.807) is 0 Å². The number of rotatable bonds is 1. The van der Waals surface area contributed by atoms with Gasteiger partial charge in [-0.3, -0.25) is 4.79 Å². The first-order chi connectivity index (χ1) is 8.19. The summed E-state index contributed by atoms with van der Waals surface area (Å²) in [6.07, 6.45) is 4.41. The van der Waals surface area contributed by atoms with Gasteiger partial charge in [0, 0.05) is 25.8 Å². The van der Waals surface area contributed by atoms with Crippen molar-refractivity contribution in [2.24, 2.45) is 5.41 Å². The van der Waals surface area contributed by atoms with E-state index in [9.17, 15) is 10.1 Å². The minimum absolute atomic E-state index is 0.0375. The first kappa shape index (κ1) is 12.4. The minimum atomic E-state index is -0.816. The first-order valence-electron chi connectivity index (χ1n) is 6.50. The van der Waals surface area contributed by atoms with Crippen LogP contribution >= 0.6 is 0 Å². The van der Waals surface area contributed by atoms with Crippen molar-refractivity contribution < 1.29 is 9.53 Å². The zero-order valence-electron chi connectivity index (χ0n) is 10.4. The van der Waals surface area contributed by atoms with Gasteiger partial charge in [-0.25, -0.2) is 0 Å². The largest absolute Gasteiger partial charge is 0.381 e. The van der Waals surface area contributed by atoms with Gasteiger partial charge in [-0.1, -0.05) is 0 Å². The van der Waals surface area contributed by atoms with Gasteiger partial charge in [-0.2, -0.15) is 5.26 Å². The van der Waals surface area contributed by atoms with Gasteiger partial charge in [-0.15, -0.1) is 0 Å². The molecule has 2 fully saturated rings. The summed E-state index contributed by atoms with van der Waals surface area (Å²) in [6, 6.07) is 2.55. The Hall–Kier alpha value is -1.08. The molecule has 0 bridgehead atoms. The number of carbonyl (C=O) groups is 1. The van der Waals surface area contributed by atoms with E-state index in [-0.39, 0.29) is 11.9 Å². The highest BCUT2D eigenvalue weighted by molar-refractivity contribution is 5.86. The fourth-order valence-corrected chi connectivity index (χ4v) is 2.77. The van der Waals surface area contributed by atoms with Crippen LogP contribution in [0.5, 0.6) is 0 Å². The number of hydrogen-bond donors (Lipinski definition) is 0. The molecule has 1 atom stereocenters. The summed E-state index contributed by atoms with van der Waals surface area (Å²) in [7, 11) is 0. The lowest BCUT2D eigenvalue weighted by atomic mass is 9.79. The van der Waals surface area contributed by atoms with Crippen LogP contribution in [0.2, 0.25) is 0 Å². The summed E-state index contributed by atoms with van der Waals surface area (Å²) in [6.45, 7) is 3.95. The summed E-state index contributed by atoms with van der Waals surface area (Å²) in [4.78, 5) is 14.5. The summed E-state index contributed by atoms with van der Waals surface area (Å²) in [5.41, 5.74) is -0.816. The number of likely N-dealkylation sites (tertiary alicyclic amines) is 1. The third-order valence-corrected chi connectivity index (χ3v) is 4.03. The number of carbonyl (C=O) groups excluding carboxylic acids is 1. The van der Waals surface area contributed by atoms with Gasteiger partial charge in [0.1, 0.15) is 5.41 Å². The maximum Gasteiger partial charge on any atom is 0.243 e. The number of amides is 1. The van der Waals surface area contributed by atoms with Crippen LogP contribution in [-0.2, 0) is 9.53 Å². The van der Waals surface area contributed by atoms with Gasteiger partial charge < -0.3 is 9.64 Å². The molecule has 2 heterocycles. The van der Waals surface area contributed by atoms with Gasteiger partial charge in [0.2, 0.25) is 5.91 Å². The molecule has 0 spiro atoms. The Kier molecular flexibility index (Phi) is 3.68. The van der Waals surface area contributed by atoms with Crippen molar-refractivity contribution in [1.29, 1.82) is 5.26 Å². The van der Waals surface area contributed by atoms with E-state index < -0.39 is 5.41 Å². The highest BCUT2D eigenvalue weighted by Gasteiger charge is 2.44. The molecule has 0 N–H and O–H groups in total. The van der Waals surface area contributed by atoms with Crippen molar-refractivity contribution in [3.63, 3.8) is 0 Å². The van der Waals surface area contributed by atoms with Crippen LogP contribution in [0.1, 0.15) is 39.0 Å². The zero-order chi connectivity index (χ0) is 12.3. The third-order valence-electron chi connectivity index (χ3n) is 4.03. The molecule has 1 amide bonds. The lowest BCUT2D eigenvalue weighted by molar-refractivity contribution is -0.146. The van der Waals surface area contributed by atoms with Crippen molar-refractivity contribution in [2.45, 2.75) is 45.1 Å². The molecule has 2 aliphatic heterocycles. The van der Waals surface area contributed by atoms with E-state index in [1.807, 2.05) is 4.90 Å². The molecule has 2 aliphatic rings. The SMILES string of the molecule is CC1CCCCN1C(=O)C1(C#N)CCOCC1. The van der Waals surface area contributed by atoms with E-state index in [4.69, 9.17) is 4.74 Å². The van der Waals surface area contributed by atoms with Crippen LogP contribution in [-0.4, -0.2) is 36.6 Å². The Morgan fingerprint density at radius 2 is 2.12 bits per heavy atom. The van der Waals surface area contributed by atoms with Gasteiger partial charge >= 0.3 is 0 Å². The topological polar surface area (TPSA) is 53.3 Å². The third kappa shape index (κ3) is 2.30. The summed E-state index contributed by atoms with van der Waals surface area (Å²) >= 11 is 0. The van der Waals surface area contributed by atoms with Gasteiger partial charge in [0.25, 0.3) is 0 Å². The molecule has 2 rings (SSSR count). The molecule has 0 aromatic carbocycles. The molecule has 1 unspecified atom stereocenters. The van der Waals surface area contributed by atoms with Crippen LogP contribution < -0.4 is 0 Å². The molecular formula is C13H20N2O2. The van der Waals surface area contributed by atoms with Crippen LogP contribution in [0.25, 0.3) is 0 Å². The van der Waals surface area contributed by atoms with Crippen molar-refractivity contribution in [3.05, 3.63) is 0 Å². The molecular weight excluding hydrogens is 216 g/mol. The highest BCUT2D eigenvalue weighted by atomic mass is 16.5. The molecule has 2 saturated heterocycles. The van der Waals surface area contributed by atoms with Crippen molar-refractivity contribution >= 4 is 5.91 Å². The van der Waals surface area contributed by atoms with E-state index in [0.717, 1.165) is 19.4 Å². The molecule has 0 aliphatic carbocycles. The van der Waals surface area contributed by atoms with Crippen LogP contribution in [0, 0.1) is 16.7 Å². The average molecular weight is 236 g/mol. The Morgan fingerprint density at radius 3 is 2.71 bits per heavy atom. The number of ether oxygens (including phenoxy) is 1. The lowest BCUT2D eigenvalue weighted by Crippen LogP contribution is -2.51. The van der Waals surface area contributed by atoms with Crippen LogP contribution in [0.4, 0.5) is 0 Å². The predicted molar refractivity (Wildman–Crippen MR) is 63.1 cm³/mol. The summed E-state index contributed by atoms with van der Waals surface area (Å²) in [5, 5.41) is 9.38. The second kappa shape index (κ2) is 5.05. The quantitative estimate of drug-likeness (QED) is 0.696. The number of nitrogens with zero attached hydrogens (tertiary/aromatic N) is 2. The number of nitriles is 1. The van der Waals surface area contributed by atoms with E-state index in [1.165, 1.54) is 6.42 Å². The molecule has 94 valence electrons. The smallest absolute Gasteiger partial charge is 0.243 e. The van der Waals surface area contributed by atoms with E-state index >= 15 is 0 Å². The average Bonchev–Trinajstić information content (AvgIpc) is 2.39. The monoisotopic (exact) mass is 236 g/mol.